The molecule has 0 atom stereocenters. The molecular weight excluding hydrogens is 334 g/mol. The maximum atomic E-state index is 13.1. The van der Waals surface area contributed by atoms with Gasteiger partial charge in [0.2, 0.25) is 5.65 Å². The molecular formula is C23H21N3O. The molecule has 4 heteroatoms. The molecule has 1 aliphatic carbocycles. The van der Waals surface area contributed by atoms with Gasteiger partial charge in [0, 0.05) is 29.8 Å². The second kappa shape index (κ2) is 5.95. The molecule has 134 valence electrons. The largest absolute Gasteiger partial charge is 0.300 e. The van der Waals surface area contributed by atoms with Crippen LogP contribution in [0.15, 0.2) is 59.8 Å². The smallest absolute Gasteiger partial charge is 0.298 e. The molecule has 5 rings (SSSR count). The summed E-state index contributed by atoms with van der Waals surface area (Å²) in [5, 5.41) is 0. The minimum atomic E-state index is -0.0907. The first kappa shape index (κ1) is 16.1. The van der Waals surface area contributed by atoms with Gasteiger partial charge in [0.1, 0.15) is 0 Å². The van der Waals surface area contributed by atoms with Crippen LogP contribution in [0.25, 0.3) is 22.6 Å². The highest BCUT2D eigenvalue weighted by molar-refractivity contribution is 5.66. The highest BCUT2D eigenvalue weighted by Gasteiger charge is 2.14. The first-order valence-electron chi connectivity index (χ1n) is 9.40. The topological polar surface area (TPSA) is 39.3 Å². The van der Waals surface area contributed by atoms with Crippen molar-refractivity contribution in [2.24, 2.45) is 0 Å². The number of benzene rings is 2. The minimum absolute atomic E-state index is 0.0907. The summed E-state index contributed by atoms with van der Waals surface area (Å²) >= 11 is 0. The van der Waals surface area contributed by atoms with E-state index in [9.17, 15) is 4.79 Å². The van der Waals surface area contributed by atoms with Gasteiger partial charge in [-0.1, -0.05) is 23.8 Å². The molecule has 2 aromatic heterocycles. The Labute approximate surface area is 157 Å². The van der Waals surface area contributed by atoms with Gasteiger partial charge in [0.25, 0.3) is 5.56 Å². The van der Waals surface area contributed by atoms with Crippen molar-refractivity contribution in [2.45, 2.75) is 33.1 Å². The van der Waals surface area contributed by atoms with Crippen LogP contribution in [0.3, 0.4) is 0 Å². The van der Waals surface area contributed by atoms with Gasteiger partial charge >= 0.3 is 0 Å². The fourth-order valence-corrected chi connectivity index (χ4v) is 4.03. The van der Waals surface area contributed by atoms with Crippen LogP contribution in [0, 0.1) is 13.8 Å². The zero-order valence-corrected chi connectivity index (χ0v) is 15.6. The van der Waals surface area contributed by atoms with Gasteiger partial charge in [-0.25, -0.2) is 4.98 Å². The Morgan fingerprint density at radius 1 is 0.963 bits per heavy atom. The Bertz CT molecular complexity index is 1250. The molecule has 0 unspecified atom stereocenters. The third-order valence-corrected chi connectivity index (χ3v) is 5.55. The van der Waals surface area contributed by atoms with Gasteiger partial charge in [0.15, 0.2) is 0 Å². The summed E-state index contributed by atoms with van der Waals surface area (Å²) in [4.78, 5) is 17.8. The number of aromatic nitrogens is 3. The summed E-state index contributed by atoms with van der Waals surface area (Å²) < 4.78 is 3.52. The van der Waals surface area contributed by atoms with Crippen LogP contribution in [0.1, 0.15) is 28.7 Å². The van der Waals surface area contributed by atoms with Crippen LogP contribution in [-0.4, -0.2) is 14.0 Å². The average molecular weight is 355 g/mol. The van der Waals surface area contributed by atoms with Crippen LogP contribution in [-0.2, 0) is 12.8 Å². The minimum Gasteiger partial charge on any atom is -0.300 e. The van der Waals surface area contributed by atoms with E-state index < -0.39 is 0 Å². The summed E-state index contributed by atoms with van der Waals surface area (Å²) in [5.74, 6) is 0. The quantitative estimate of drug-likeness (QED) is 0.539. The van der Waals surface area contributed by atoms with Crippen molar-refractivity contribution in [1.29, 1.82) is 0 Å². The lowest BCUT2D eigenvalue weighted by molar-refractivity contribution is 0.910. The third-order valence-electron chi connectivity index (χ3n) is 5.55. The number of rotatable bonds is 2. The van der Waals surface area contributed by atoms with Gasteiger partial charge in [-0.2, -0.15) is 0 Å². The van der Waals surface area contributed by atoms with Gasteiger partial charge in [-0.3, -0.25) is 9.36 Å². The van der Waals surface area contributed by atoms with Gasteiger partial charge < -0.3 is 4.40 Å². The standard InChI is InChI=1S/C23H21N3O/c1-15-6-7-16(2)20(12-15)21-14-25-10-11-26(23(27)22(25)24-21)19-9-8-17-4-3-5-18(17)13-19/h6-14H,3-5H2,1-2H3. The molecule has 0 amide bonds. The molecule has 0 saturated heterocycles. The SMILES string of the molecule is Cc1ccc(C)c(-c2cn3ccn(-c4ccc5c(c4)CCC5)c(=O)c3n2)c1. The summed E-state index contributed by atoms with van der Waals surface area (Å²) in [6, 6.07) is 12.6. The van der Waals surface area contributed by atoms with Crippen molar-refractivity contribution in [3.63, 3.8) is 0 Å². The van der Waals surface area contributed by atoms with Crippen molar-refractivity contribution in [2.75, 3.05) is 0 Å². The fraction of sp³-hybridized carbons (Fsp3) is 0.217. The molecule has 27 heavy (non-hydrogen) atoms. The van der Waals surface area contributed by atoms with Crippen LogP contribution < -0.4 is 5.56 Å². The van der Waals surface area contributed by atoms with Gasteiger partial charge in [-0.05, 0) is 68.0 Å². The van der Waals surface area contributed by atoms with E-state index >= 15 is 0 Å². The van der Waals surface area contributed by atoms with E-state index in [-0.39, 0.29) is 5.56 Å². The molecule has 0 spiro atoms. The molecule has 4 aromatic rings. The van der Waals surface area contributed by atoms with Crippen molar-refractivity contribution in [1.82, 2.24) is 14.0 Å². The number of hydrogen-bond acceptors (Lipinski definition) is 2. The first-order valence-corrected chi connectivity index (χ1v) is 9.40. The van der Waals surface area contributed by atoms with Crippen molar-refractivity contribution >= 4 is 5.65 Å². The van der Waals surface area contributed by atoms with Crippen molar-refractivity contribution < 1.29 is 0 Å². The van der Waals surface area contributed by atoms with E-state index in [4.69, 9.17) is 0 Å². The zero-order valence-electron chi connectivity index (χ0n) is 15.6. The van der Waals surface area contributed by atoms with Gasteiger partial charge in [-0.15, -0.1) is 0 Å². The molecule has 0 saturated carbocycles. The number of imidazole rings is 1. The molecule has 2 heterocycles. The molecule has 0 N–H and O–H groups in total. The van der Waals surface area contributed by atoms with Gasteiger partial charge in [0.05, 0.1) is 5.69 Å². The molecule has 0 bridgehead atoms. The number of nitrogens with zero attached hydrogens (tertiary/aromatic N) is 3. The van der Waals surface area contributed by atoms with E-state index in [0.29, 0.717) is 5.65 Å². The zero-order chi connectivity index (χ0) is 18.5. The lowest BCUT2D eigenvalue weighted by Crippen LogP contribution is -2.20. The van der Waals surface area contributed by atoms with Crippen molar-refractivity contribution in [3.05, 3.63) is 87.6 Å². The Kier molecular flexibility index (Phi) is 3.54. The number of aryl methyl sites for hydroxylation is 4. The van der Waals surface area contributed by atoms with E-state index in [1.165, 1.54) is 23.1 Å². The first-order chi connectivity index (χ1) is 13.1. The Morgan fingerprint density at radius 2 is 1.81 bits per heavy atom. The lowest BCUT2D eigenvalue weighted by Gasteiger charge is -2.08. The second-order valence-electron chi connectivity index (χ2n) is 7.46. The lowest BCUT2D eigenvalue weighted by atomic mass is 10.0. The maximum absolute atomic E-state index is 13.1. The summed E-state index contributed by atoms with van der Waals surface area (Å²) in [5.41, 5.74) is 8.29. The number of hydrogen-bond donors (Lipinski definition) is 0. The highest BCUT2D eigenvalue weighted by atomic mass is 16.1. The van der Waals surface area contributed by atoms with E-state index in [1.54, 1.807) is 4.57 Å². The normalized spacial score (nSPS) is 13.3. The van der Waals surface area contributed by atoms with E-state index in [1.807, 2.05) is 29.1 Å². The number of fused-ring (bicyclic) bond motifs is 2. The van der Waals surface area contributed by atoms with Crippen molar-refractivity contribution in [3.8, 4) is 16.9 Å². The summed E-state index contributed by atoms with van der Waals surface area (Å²) in [7, 11) is 0. The predicted molar refractivity (Wildman–Crippen MR) is 108 cm³/mol. The van der Waals surface area contributed by atoms with E-state index in [2.05, 4.69) is 49.2 Å². The third kappa shape index (κ3) is 2.60. The Hall–Kier alpha value is -3.14. The highest BCUT2D eigenvalue weighted by Crippen LogP contribution is 2.25. The Balaban J connectivity index is 1.66. The second-order valence-corrected chi connectivity index (χ2v) is 7.46. The monoisotopic (exact) mass is 355 g/mol. The predicted octanol–water partition coefficient (Wildman–Crippen LogP) is 4.26. The molecule has 0 aliphatic heterocycles. The van der Waals surface area contributed by atoms with Crippen LogP contribution in [0.5, 0.6) is 0 Å². The van der Waals surface area contributed by atoms with Crippen LogP contribution in [0.2, 0.25) is 0 Å². The van der Waals surface area contributed by atoms with Crippen LogP contribution >= 0.6 is 0 Å². The fourth-order valence-electron chi connectivity index (χ4n) is 4.03. The molecule has 1 aliphatic rings. The molecule has 4 nitrogen and oxygen atoms in total. The maximum Gasteiger partial charge on any atom is 0.298 e. The van der Waals surface area contributed by atoms with Crippen LogP contribution in [0.4, 0.5) is 0 Å². The molecule has 0 radical (unpaired) electrons. The Morgan fingerprint density at radius 3 is 2.70 bits per heavy atom. The van der Waals surface area contributed by atoms with E-state index in [0.717, 1.165) is 35.3 Å². The molecule has 2 aromatic carbocycles. The summed E-state index contributed by atoms with van der Waals surface area (Å²) in [6.07, 6.45) is 9.12. The average Bonchev–Trinajstić information content (AvgIpc) is 3.30. The summed E-state index contributed by atoms with van der Waals surface area (Å²) in [6.45, 7) is 4.14. The molecule has 0 fully saturated rings.